The lowest BCUT2D eigenvalue weighted by atomic mass is 10.2. The molecular weight excluding hydrogens is 428 g/mol. The van der Waals surface area contributed by atoms with Gasteiger partial charge < -0.3 is 15.2 Å². The number of rotatable bonds is 9. The molecule has 0 fully saturated rings. The molecule has 4 N–H and O–H groups in total. The van der Waals surface area contributed by atoms with Crippen LogP contribution in [0.1, 0.15) is 6.42 Å². The van der Waals surface area contributed by atoms with Crippen molar-refractivity contribution in [3.63, 3.8) is 0 Å². The smallest absolute Gasteiger partial charge is 0.238 e. The van der Waals surface area contributed by atoms with E-state index < -0.39 is 10.0 Å². The highest BCUT2D eigenvalue weighted by Crippen LogP contribution is 2.25. The molecule has 0 aliphatic carbocycles. The van der Waals surface area contributed by atoms with Crippen LogP contribution in [0.15, 0.2) is 78.5 Å². The molecule has 0 unspecified atom stereocenters. The third-order valence-electron chi connectivity index (χ3n) is 4.60. The molecule has 0 saturated heterocycles. The first-order valence-electron chi connectivity index (χ1n) is 9.87. The normalized spacial score (nSPS) is 11.3. The minimum Gasteiger partial charge on any atom is -0.369 e. The van der Waals surface area contributed by atoms with E-state index in [1.54, 1.807) is 43.1 Å². The predicted octanol–water partition coefficient (Wildman–Crippen LogP) is 2.63. The van der Waals surface area contributed by atoms with Crippen LogP contribution in [0.4, 0.5) is 17.5 Å². The standard InChI is InChI=1S/C21H22N8O2S/c22-32(30,31)17-5-1-4-16(14-17)27-21-26-10-7-19(28-21)18-6-2-8-24-20(18)25-9-3-12-29-13-11-23-15-29/h1-2,4-8,10-11,13-15H,3,9,12H2,(H,24,25)(H2,22,30,31)(H,26,27,28). The van der Waals surface area contributed by atoms with Gasteiger partial charge in [0.25, 0.3) is 0 Å². The number of nitrogens with two attached hydrogens (primary N) is 1. The molecule has 0 aliphatic rings. The largest absolute Gasteiger partial charge is 0.369 e. The molecule has 164 valence electrons. The van der Waals surface area contributed by atoms with Gasteiger partial charge in [-0.3, -0.25) is 0 Å². The average Bonchev–Trinajstić information content (AvgIpc) is 3.30. The average molecular weight is 451 g/mol. The fourth-order valence-corrected chi connectivity index (χ4v) is 3.65. The van der Waals surface area contributed by atoms with Gasteiger partial charge in [0.2, 0.25) is 16.0 Å². The molecule has 32 heavy (non-hydrogen) atoms. The third kappa shape index (κ3) is 5.45. The number of pyridine rings is 1. The van der Waals surface area contributed by atoms with Gasteiger partial charge in [-0.1, -0.05) is 6.07 Å². The maximum absolute atomic E-state index is 11.6. The summed E-state index contributed by atoms with van der Waals surface area (Å²) in [6, 6.07) is 11.7. The van der Waals surface area contributed by atoms with Crippen molar-refractivity contribution in [2.45, 2.75) is 17.9 Å². The fraction of sp³-hybridized carbons (Fsp3) is 0.143. The number of primary sulfonamides is 1. The van der Waals surface area contributed by atoms with Crippen molar-refractivity contribution in [1.82, 2.24) is 24.5 Å². The Morgan fingerprint density at radius 2 is 1.94 bits per heavy atom. The second-order valence-electron chi connectivity index (χ2n) is 6.94. The lowest BCUT2D eigenvalue weighted by Crippen LogP contribution is -2.12. The Morgan fingerprint density at radius 3 is 2.75 bits per heavy atom. The Balaban J connectivity index is 1.48. The third-order valence-corrected chi connectivity index (χ3v) is 5.51. The van der Waals surface area contributed by atoms with Crippen molar-refractivity contribution in [2.24, 2.45) is 5.14 Å². The van der Waals surface area contributed by atoms with Crippen molar-refractivity contribution in [2.75, 3.05) is 17.2 Å². The van der Waals surface area contributed by atoms with E-state index in [0.717, 1.165) is 30.9 Å². The number of nitrogens with zero attached hydrogens (tertiary/aromatic N) is 5. The van der Waals surface area contributed by atoms with Crippen molar-refractivity contribution >= 4 is 27.5 Å². The van der Waals surface area contributed by atoms with E-state index >= 15 is 0 Å². The fourth-order valence-electron chi connectivity index (χ4n) is 3.09. The lowest BCUT2D eigenvalue weighted by Gasteiger charge is -2.12. The maximum atomic E-state index is 11.6. The molecule has 4 rings (SSSR count). The zero-order valence-corrected chi connectivity index (χ0v) is 17.9. The van der Waals surface area contributed by atoms with Gasteiger partial charge >= 0.3 is 0 Å². The highest BCUT2D eigenvalue weighted by Gasteiger charge is 2.11. The van der Waals surface area contributed by atoms with Crippen molar-refractivity contribution in [1.29, 1.82) is 0 Å². The van der Waals surface area contributed by atoms with Gasteiger partial charge in [0.15, 0.2) is 0 Å². The Hall–Kier alpha value is -3.83. The maximum Gasteiger partial charge on any atom is 0.238 e. The molecule has 0 aliphatic heterocycles. The van der Waals surface area contributed by atoms with Crippen molar-refractivity contribution < 1.29 is 8.42 Å². The number of sulfonamides is 1. The molecule has 0 atom stereocenters. The molecule has 0 saturated carbocycles. The summed E-state index contributed by atoms with van der Waals surface area (Å²) in [4.78, 5) is 17.3. The lowest BCUT2D eigenvalue weighted by molar-refractivity contribution is 0.598. The van der Waals surface area contributed by atoms with Gasteiger partial charge in [-0.15, -0.1) is 0 Å². The summed E-state index contributed by atoms with van der Waals surface area (Å²) in [6.07, 6.45) is 9.74. The number of aryl methyl sites for hydroxylation is 1. The Bertz CT molecular complexity index is 1290. The molecule has 3 heterocycles. The van der Waals surface area contributed by atoms with E-state index in [-0.39, 0.29) is 4.90 Å². The van der Waals surface area contributed by atoms with Crippen LogP contribution in [0.25, 0.3) is 11.3 Å². The SMILES string of the molecule is NS(=O)(=O)c1cccc(Nc2nccc(-c3cccnc3NCCCn3ccnc3)n2)c1. The molecule has 4 aromatic rings. The quantitative estimate of drug-likeness (QED) is 0.331. The second kappa shape index (κ2) is 9.54. The minimum absolute atomic E-state index is 0.00749. The van der Waals surface area contributed by atoms with Crippen LogP contribution in [-0.4, -0.2) is 39.5 Å². The summed E-state index contributed by atoms with van der Waals surface area (Å²) in [5.74, 6) is 1.04. The van der Waals surface area contributed by atoms with Crippen LogP contribution in [-0.2, 0) is 16.6 Å². The molecule has 3 aromatic heterocycles. The van der Waals surface area contributed by atoms with Gasteiger partial charge in [0.05, 0.1) is 16.9 Å². The van der Waals surface area contributed by atoms with Crippen LogP contribution in [0.5, 0.6) is 0 Å². The zero-order chi connectivity index (χ0) is 22.4. The van der Waals surface area contributed by atoms with Crippen LogP contribution in [0, 0.1) is 0 Å². The molecular formula is C21H22N8O2S. The van der Waals surface area contributed by atoms with Crippen molar-refractivity contribution in [3.05, 3.63) is 73.6 Å². The number of imidazole rings is 1. The van der Waals surface area contributed by atoms with Gasteiger partial charge in [0.1, 0.15) is 5.82 Å². The molecule has 0 spiro atoms. The van der Waals surface area contributed by atoms with Crippen LogP contribution >= 0.6 is 0 Å². The van der Waals surface area contributed by atoms with E-state index in [2.05, 4.69) is 30.6 Å². The van der Waals surface area contributed by atoms with Gasteiger partial charge in [0, 0.05) is 49.1 Å². The number of hydrogen-bond acceptors (Lipinski definition) is 8. The Kier molecular flexibility index (Phi) is 6.38. The number of nitrogens with one attached hydrogen (secondary N) is 2. The Labute approximate surface area is 185 Å². The van der Waals surface area contributed by atoms with Gasteiger partial charge in [-0.25, -0.2) is 33.5 Å². The molecule has 0 radical (unpaired) electrons. The summed E-state index contributed by atoms with van der Waals surface area (Å²) < 4.78 is 25.2. The van der Waals surface area contributed by atoms with Gasteiger partial charge in [-0.2, -0.15) is 0 Å². The number of aromatic nitrogens is 5. The van der Waals surface area contributed by atoms with E-state index in [1.165, 1.54) is 12.1 Å². The van der Waals surface area contributed by atoms with Gasteiger partial charge in [-0.05, 0) is 42.8 Å². The Morgan fingerprint density at radius 1 is 1.03 bits per heavy atom. The summed E-state index contributed by atoms with van der Waals surface area (Å²) in [5, 5.41) is 11.6. The first-order valence-corrected chi connectivity index (χ1v) is 11.4. The first-order chi connectivity index (χ1) is 15.5. The van der Waals surface area contributed by atoms with E-state index in [4.69, 9.17) is 5.14 Å². The van der Waals surface area contributed by atoms with Crippen LogP contribution in [0.2, 0.25) is 0 Å². The second-order valence-corrected chi connectivity index (χ2v) is 8.51. The van der Waals surface area contributed by atoms with Crippen molar-refractivity contribution in [3.8, 4) is 11.3 Å². The summed E-state index contributed by atoms with van der Waals surface area (Å²) in [7, 11) is -3.80. The summed E-state index contributed by atoms with van der Waals surface area (Å²) >= 11 is 0. The topological polar surface area (TPSA) is 141 Å². The van der Waals surface area contributed by atoms with Crippen LogP contribution < -0.4 is 15.8 Å². The monoisotopic (exact) mass is 450 g/mol. The highest BCUT2D eigenvalue weighted by atomic mass is 32.2. The summed E-state index contributed by atoms with van der Waals surface area (Å²) in [5.41, 5.74) is 2.02. The van der Waals surface area contributed by atoms with E-state index in [1.807, 2.05) is 22.9 Å². The predicted molar refractivity (Wildman–Crippen MR) is 122 cm³/mol. The van der Waals surface area contributed by atoms with E-state index in [0.29, 0.717) is 17.3 Å². The molecule has 0 amide bonds. The number of benzene rings is 1. The van der Waals surface area contributed by atoms with Crippen LogP contribution in [0.3, 0.4) is 0 Å². The number of hydrogen-bond donors (Lipinski definition) is 3. The molecule has 11 heteroatoms. The number of anilines is 3. The zero-order valence-electron chi connectivity index (χ0n) is 17.1. The highest BCUT2D eigenvalue weighted by molar-refractivity contribution is 7.89. The molecule has 10 nitrogen and oxygen atoms in total. The molecule has 0 bridgehead atoms. The minimum atomic E-state index is -3.80. The molecule has 1 aromatic carbocycles. The first kappa shape index (κ1) is 21.4. The summed E-state index contributed by atoms with van der Waals surface area (Å²) in [6.45, 7) is 1.59. The van der Waals surface area contributed by atoms with E-state index in [9.17, 15) is 8.42 Å².